The highest BCUT2D eigenvalue weighted by Crippen LogP contribution is 2.33. The molecule has 6 heteroatoms. The Kier molecular flexibility index (Phi) is 4.90. The van der Waals surface area contributed by atoms with Crippen LogP contribution in [0.4, 0.5) is 17.1 Å². The van der Waals surface area contributed by atoms with Gasteiger partial charge in [0.1, 0.15) is 0 Å². The molecule has 1 aliphatic rings. The first kappa shape index (κ1) is 17.6. The molecule has 0 spiro atoms. The maximum absolute atomic E-state index is 12.7. The summed E-state index contributed by atoms with van der Waals surface area (Å²) in [5.74, 6) is 0.706. The van der Waals surface area contributed by atoms with Crippen LogP contribution in [0.1, 0.15) is 25.3 Å². The number of sulfonamides is 1. The molecule has 0 unspecified atom stereocenters. The number of rotatable bonds is 4. The Bertz CT molecular complexity index is 839. The lowest BCUT2D eigenvalue weighted by Gasteiger charge is -2.33. The summed E-state index contributed by atoms with van der Waals surface area (Å²) in [5.41, 5.74) is 8.88. The van der Waals surface area contributed by atoms with Gasteiger partial charge in [0.2, 0.25) is 0 Å². The van der Waals surface area contributed by atoms with Crippen molar-refractivity contribution in [3.05, 3.63) is 48.0 Å². The number of hydrogen-bond acceptors (Lipinski definition) is 4. The minimum absolute atomic E-state index is 0.249. The van der Waals surface area contributed by atoms with Crippen molar-refractivity contribution in [1.29, 1.82) is 0 Å². The summed E-state index contributed by atoms with van der Waals surface area (Å²) < 4.78 is 28.2. The number of nitrogens with one attached hydrogen (secondary N) is 1. The lowest BCUT2D eigenvalue weighted by atomic mass is 9.98. The first-order chi connectivity index (χ1) is 11.8. The van der Waals surface area contributed by atoms with E-state index in [9.17, 15) is 8.42 Å². The monoisotopic (exact) mass is 359 g/mol. The van der Waals surface area contributed by atoms with Crippen LogP contribution in [0.25, 0.3) is 0 Å². The first-order valence-electron chi connectivity index (χ1n) is 8.59. The van der Waals surface area contributed by atoms with Crippen LogP contribution in [0.5, 0.6) is 0 Å². The second-order valence-corrected chi connectivity index (χ2v) is 8.55. The first-order valence-corrected chi connectivity index (χ1v) is 10.1. The van der Waals surface area contributed by atoms with Crippen molar-refractivity contribution in [2.75, 3.05) is 28.4 Å². The third-order valence-corrected chi connectivity index (χ3v) is 6.10. The predicted octanol–water partition coefficient (Wildman–Crippen LogP) is 3.61. The molecule has 0 aliphatic carbocycles. The molecular weight excluding hydrogens is 334 g/mol. The number of hydrogen-bond donors (Lipinski definition) is 2. The molecule has 1 heterocycles. The number of nitrogens with zero attached hydrogens (tertiary/aromatic N) is 1. The molecule has 0 radical (unpaired) electrons. The number of piperidine rings is 1. The summed E-state index contributed by atoms with van der Waals surface area (Å²) in [6, 6.07) is 12.2. The van der Waals surface area contributed by atoms with Gasteiger partial charge in [0.25, 0.3) is 10.0 Å². The lowest BCUT2D eigenvalue weighted by molar-refractivity contribution is 0.438. The fourth-order valence-electron chi connectivity index (χ4n) is 3.08. The Hall–Kier alpha value is -2.21. The molecule has 5 nitrogen and oxygen atoms in total. The maximum atomic E-state index is 12.7. The lowest BCUT2D eigenvalue weighted by Crippen LogP contribution is -2.33. The molecule has 1 saturated heterocycles. The van der Waals surface area contributed by atoms with E-state index in [-0.39, 0.29) is 4.90 Å². The SMILES string of the molecule is Cc1ccc(S(=O)(=O)Nc2cc(N)ccc2N2CCC(C)CC2)cc1. The average Bonchev–Trinajstić information content (AvgIpc) is 2.56. The van der Waals surface area contributed by atoms with E-state index in [0.717, 1.165) is 37.2 Å². The molecule has 2 aromatic carbocycles. The zero-order chi connectivity index (χ0) is 18.0. The molecule has 134 valence electrons. The topological polar surface area (TPSA) is 75.4 Å². The second kappa shape index (κ2) is 6.96. The Morgan fingerprint density at radius 1 is 1.08 bits per heavy atom. The summed E-state index contributed by atoms with van der Waals surface area (Å²) in [4.78, 5) is 2.48. The minimum Gasteiger partial charge on any atom is -0.399 e. The van der Waals surface area contributed by atoms with Crippen LogP contribution in [0.2, 0.25) is 0 Å². The van der Waals surface area contributed by atoms with E-state index >= 15 is 0 Å². The van der Waals surface area contributed by atoms with Crippen LogP contribution in [0, 0.1) is 12.8 Å². The molecule has 1 fully saturated rings. The summed E-state index contributed by atoms with van der Waals surface area (Å²) in [5, 5.41) is 0. The van der Waals surface area contributed by atoms with Gasteiger partial charge < -0.3 is 10.6 Å². The van der Waals surface area contributed by atoms with E-state index in [1.807, 2.05) is 19.1 Å². The van der Waals surface area contributed by atoms with Gasteiger partial charge in [-0.2, -0.15) is 0 Å². The van der Waals surface area contributed by atoms with Crippen LogP contribution in [-0.2, 0) is 10.0 Å². The molecule has 25 heavy (non-hydrogen) atoms. The van der Waals surface area contributed by atoms with E-state index in [1.165, 1.54) is 0 Å². The highest BCUT2D eigenvalue weighted by molar-refractivity contribution is 7.92. The van der Waals surface area contributed by atoms with E-state index in [4.69, 9.17) is 5.73 Å². The van der Waals surface area contributed by atoms with Gasteiger partial charge in [0.15, 0.2) is 0 Å². The van der Waals surface area contributed by atoms with E-state index in [0.29, 0.717) is 17.3 Å². The Morgan fingerprint density at radius 2 is 1.72 bits per heavy atom. The molecule has 0 aromatic heterocycles. The molecule has 3 N–H and O–H groups in total. The summed E-state index contributed by atoms with van der Waals surface area (Å²) in [7, 11) is -3.65. The van der Waals surface area contributed by atoms with Crippen molar-refractivity contribution >= 4 is 27.1 Å². The average molecular weight is 359 g/mol. The molecule has 0 bridgehead atoms. The van der Waals surface area contributed by atoms with Gasteiger partial charge in [-0.1, -0.05) is 24.6 Å². The fraction of sp³-hybridized carbons (Fsp3) is 0.368. The second-order valence-electron chi connectivity index (χ2n) is 6.86. The number of benzene rings is 2. The molecular formula is C19H25N3O2S. The number of nitrogen functional groups attached to an aromatic ring is 1. The third kappa shape index (κ3) is 4.07. The van der Waals surface area contributed by atoms with Crippen molar-refractivity contribution in [2.45, 2.75) is 31.6 Å². The van der Waals surface area contributed by atoms with E-state index < -0.39 is 10.0 Å². The van der Waals surface area contributed by atoms with Crippen molar-refractivity contribution in [2.24, 2.45) is 5.92 Å². The molecule has 0 amide bonds. The van der Waals surface area contributed by atoms with Crippen LogP contribution in [-0.4, -0.2) is 21.5 Å². The highest BCUT2D eigenvalue weighted by atomic mass is 32.2. The minimum atomic E-state index is -3.65. The molecule has 2 aromatic rings. The van der Waals surface area contributed by atoms with Gasteiger partial charge >= 0.3 is 0 Å². The van der Waals surface area contributed by atoms with E-state index in [1.54, 1.807) is 30.3 Å². The van der Waals surface area contributed by atoms with Gasteiger partial charge in [0, 0.05) is 18.8 Å². The van der Waals surface area contributed by atoms with Crippen molar-refractivity contribution in [1.82, 2.24) is 0 Å². The Morgan fingerprint density at radius 3 is 2.36 bits per heavy atom. The maximum Gasteiger partial charge on any atom is 0.261 e. The predicted molar refractivity (Wildman–Crippen MR) is 103 cm³/mol. The van der Waals surface area contributed by atoms with Gasteiger partial charge in [-0.05, 0) is 56.0 Å². The van der Waals surface area contributed by atoms with Gasteiger partial charge in [0.05, 0.1) is 16.3 Å². The summed E-state index contributed by atoms with van der Waals surface area (Å²) >= 11 is 0. The van der Waals surface area contributed by atoms with Crippen LogP contribution < -0.4 is 15.4 Å². The molecule has 0 saturated carbocycles. The third-order valence-electron chi connectivity index (χ3n) is 4.72. The number of nitrogens with two attached hydrogens (primary N) is 1. The van der Waals surface area contributed by atoms with Crippen molar-refractivity contribution in [3.63, 3.8) is 0 Å². The number of aryl methyl sites for hydroxylation is 1. The summed E-state index contributed by atoms with van der Waals surface area (Å²) in [6.45, 7) is 6.02. The molecule has 0 atom stereocenters. The van der Waals surface area contributed by atoms with Crippen LogP contribution >= 0.6 is 0 Å². The van der Waals surface area contributed by atoms with Gasteiger partial charge in [-0.25, -0.2) is 8.42 Å². The van der Waals surface area contributed by atoms with Gasteiger partial charge in [-0.15, -0.1) is 0 Å². The van der Waals surface area contributed by atoms with Crippen LogP contribution in [0.3, 0.4) is 0 Å². The smallest absolute Gasteiger partial charge is 0.261 e. The zero-order valence-corrected chi connectivity index (χ0v) is 15.5. The Labute approximate surface area is 149 Å². The highest BCUT2D eigenvalue weighted by Gasteiger charge is 2.21. The van der Waals surface area contributed by atoms with Gasteiger partial charge in [-0.3, -0.25) is 4.72 Å². The molecule has 1 aliphatic heterocycles. The van der Waals surface area contributed by atoms with E-state index in [2.05, 4.69) is 16.5 Å². The Balaban J connectivity index is 1.91. The molecule has 3 rings (SSSR count). The quantitative estimate of drug-likeness (QED) is 0.818. The van der Waals surface area contributed by atoms with Crippen molar-refractivity contribution in [3.8, 4) is 0 Å². The normalized spacial score (nSPS) is 16.0. The van der Waals surface area contributed by atoms with Crippen molar-refractivity contribution < 1.29 is 8.42 Å². The van der Waals surface area contributed by atoms with Crippen LogP contribution in [0.15, 0.2) is 47.4 Å². The zero-order valence-electron chi connectivity index (χ0n) is 14.7. The standard InChI is InChI=1S/C19H25N3O2S/c1-14-3-6-17(7-4-14)25(23,24)21-18-13-16(20)5-8-19(18)22-11-9-15(2)10-12-22/h3-8,13,15,21H,9-12,20H2,1-2H3. The largest absolute Gasteiger partial charge is 0.399 e. The fourth-order valence-corrected chi connectivity index (χ4v) is 4.15. The summed E-state index contributed by atoms with van der Waals surface area (Å²) in [6.07, 6.45) is 2.21. The number of anilines is 3.